The molecule has 0 amide bonds. The number of sulfone groups is 1. The van der Waals surface area contributed by atoms with Gasteiger partial charge in [0, 0.05) is 12.1 Å². The van der Waals surface area contributed by atoms with Crippen LogP contribution in [0, 0.1) is 5.92 Å². The molecular weight excluding hydrogens is 255 g/mol. The number of fused-ring (bicyclic) bond motifs is 1. The predicted octanol–water partition coefficient (Wildman–Crippen LogP) is 1.49. The average Bonchev–Trinajstić information content (AvgIpc) is 2.13. The van der Waals surface area contributed by atoms with Crippen LogP contribution < -0.4 is 5.32 Å². The normalized spacial score (nSPS) is 41.9. The van der Waals surface area contributed by atoms with E-state index in [-0.39, 0.29) is 30.7 Å². The first kappa shape index (κ1) is 13.1. The Labute approximate surface area is 98.7 Å². The zero-order valence-electron chi connectivity index (χ0n) is 9.50. The minimum absolute atomic E-state index is 0.0277. The van der Waals surface area contributed by atoms with Crippen LogP contribution in [0.5, 0.6) is 0 Å². The van der Waals surface area contributed by atoms with E-state index in [2.05, 4.69) is 5.32 Å². The Bertz CT molecular complexity index is 393. The third kappa shape index (κ3) is 2.59. The van der Waals surface area contributed by atoms with Gasteiger partial charge >= 0.3 is 6.18 Å². The van der Waals surface area contributed by atoms with E-state index in [1.807, 2.05) is 0 Å². The molecule has 3 nitrogen and oxygen atoms in total. The Morgan fingerprint density at radius 1 is 1.24 bits per heavy atom. The summed E-state index contributed by atoms with van der Waals surface area (Å²) in [6.07, 6.45) is -4.24. The highest BCUT2D eigenvalue weighted by molar-refractivity contribution is 7.92. The summed E-state index contributed by atoms with van der Waals surface area (Å²) in [6.45, 7) is 1.75. The van der Waals surface area contributed by atoms with Crippen LogP contribution in [-0.2, 0) is 9.84 Å². The highest BCUT2D eigenvalue weighted by atomic mass is 32.2. The van der Waals surface area contributed by atoms with Crippen molar-refractivity contribution in [2.75, 3.05) is 5.75 Å². The molecule has 0 radical (unpaired) electrons. The molecule has 2 rings (SSSR count). The lowest BCUT2D eigenvalue weighted by Gasteiger charge is -2.41. The molecule has 1 N–H and O–H groups in total. The maximum atomic E-state index is 12.6. The second-order valence-corrected chi connectivity index (χ2v) is 7.36. The summed E-state index contributed by atoms with van der Waals surface area (Å²) in [6, 6.07) is -0.467. The van der Waals surface area contributed by atoms with E-state index >= 15 is 0 Å². The van der Waals surface area contributed by atoms with E-state index in [1.165, 1.54) is 0 Å². The molecule has 2 fully saturated rings. The quantitative estimate of drug-likeness (QED) is 0.726. The lowest BCUT2D eigenvalue weighted by Crippen LogP contribution is -2.59. The van der Waals surface area contributed by atoms with Gasteiger partial charge in [-0.3, -0.25) is 0 Å². The van der Waals surface area contributed by atoms with Crippen LogP contribution in [0.4, 0.5) is 13.2 Å². The first-order chi connectivity index (χ1) is 7.70. The Hall–Kier alpha value is -0.300. The van der Waals surface area contributed by atoms with Gasteiger partial charge in [-0.1, -0.05) is 0 Å². The van der Waals surface area contributed by atoms with Gasteiger partial charge in [0.15, 0.2) is 9.84 Å². The molecule has 1 saturated carbocycles. The molecule has 4 atom stereocenters. The van der Waals surface area contributed by atoms with Crippen molar-refractivity contribution in [1.29, 1.82) is 0 Å². The third-order valence-electron chi connectivity index (χ3n) is 3.70. The molecule has 0 spiro atoms. The molecule has 1 saturated heterocycles. The number of rotatable bonds is 0. The molecule has 0 aromatic rings. The number of nitrogens with one attached hydrogen (secondary N) is 1. The Kier molecular flexibility index (Phi) is 3.18. The zero-order valence-corrected chi connectivity index (χ0v) is 10.3. The van der Waals surface area contributed by atoms with Crippen LogP contribution in [-0.4, -0.2) is 37.7 Å². The molecule has 1 aliphatic heterocycles. The number of alkyl halides is 3. The summed E-state index contributed by atoms with van der Waals surface area (Å²) in [5.41, 5.74) is 0. The van der Waals surface area contributed by atoms with Crippen LogP contribution in [0.1, 0.15) is 26.2 Å². The van der Waals surface area contributed by atoms with E-state index in [4.69, 9.17) is 0 Å². The number of hydrogen-bond donors (Lipinski definition) is 1. The average molecular weight is 271 g/mol. The lowest BCUT2D eigenvalue weighted by atomic mass is 9.84. The molecule has 4 unspecified atom stereocenters. The van der Waals surface area contributed by atoms with Crippen molar-refractivity contribution in [3.05, 3.63) is 0 Å². The van der Waals surface area contributed by atoms with Crippen molar-refractivity contribution in [2.45, 2.75) is 49.7 Å². The van der Waals surface area contributed by atoms with Gasteiger partial charge in [-0.25, -0.2) is 8.42 Å². The molecule has 0 aromatic carbocycles. The van der Waals surface area contributed by atoms with Gasteiger partial charge in [-0.15, -0.1) is 0 Å². The largest absolute Gasteiger partial charge is 0.391 e. The van der Waals surface area contributed by atoms with Gasteiger partial charge < -0.3 is 5.32 Å². The molecule has 0 aromatic heterocycles. The molecule has 7 heteroatoms. The second kappa shape index (κ2) is 4.12. The first-order valence-electron chi connectivity index (χ1n) is 5.74. The molecule has 100 valence electrons. The van der Waals surface area contributed by atoms with Gasteiger partial charge in [0.25, 0.3) is 0 Å². The molecular formula is C10H16F3NO2S. The highest BCUT2D eigenvalue weighted by Gasteiger charge is 2.50. The van der Waals surface area contributed by atoms with Crippen molar-refractivity contribution in [3.63, 3.8) is 0 Å². The van der Waals surface area contributed by atoms with E-state index in [0.29, 0.717) is 6.42 Å². The predicted molar refractivity (Wildman–Crippen MR) is 57.4 cm³/mol. The van der Waals surface area contributed by atoms with Crippen LogP contribution in [0.3, 0.4) is 0 Å². The fraction of sp³-hybridized carbons (Fsp3) is 1.00. The SMILES string of the molecule is CC1CS(=O)(=O)C2CC(C(F)(F)F)CCC2N1. The number of hydrogen-bond acceptors (Lipinski definition) is 3. The minimum atomic E-state index is -4.27. The Balaban J connectivity index is 2.18. The first-order valence-corrected chi connectivity index (χ1v) is 7.46. The van der Waals surface area contributed by atoms with E-state index in [0.717, 1.165) is 0 Å². The molecule has 1 aliphatic carbocycles. The second-order valence-electron chi connectivity index (χ2n) is 5.09. The summed E-state index contributed by atoms with van der Waals surface area (Å²) in [7, 11) is -3.39. The van der Waals surface area contributed by atoms with Crippen molar-refractivity contribution in [1.82, 2.24) is 5.32 Å². The smallest absolute Gasteiger partial charge is 0.309 e. The van der Waals surface area contributed by atoms with E-state index in [1.54, 1.807) is 6.92 Å². The van der Waals surface area contributed by atoms with Crippen LogP contribution >= 0.6 is 0 Å². The summed E-state index contributed by atoms with van der Waals surface area (Å²) >= 11 is 0. The van der Waals surface area contributed by atoms with Crippen LogP contribution in [0.15, 0.2) is 0 Å². The van der Waals surface area contributed by atoms with Crippen molar-refractivity contribution in [3.8, 4) is 0 Å². The van der Waals surface area contributed by atoms with Gasteiger partial charge in [0.2, 0.25) is 0 Å². The zero-order chi connectivity index (χ0) is 12.8. The van der Waals surface area contributed by atoms with Crippen molar-refractivity contribution in [2.24, 2.45) is 5.92 Å². The van der Waals surface area contributed by atoms with Crippen LogP contribution in [0.2, 0.25) is 0 Å². The van der Waals surface area contributed by atoms with Crippen molar-refractivity contribution >= 4 is 9.84 Å². The Morgan fingerprint density at radius 2 is 1.88 bits per heavy atom. The minimum Gasteiger partial charge on any atom is -0.309 e. The standard InChI is InChI=1S/C10H16F3NO2S/c1-6-5-17(15,16)9-4-7(10(11,12)13)2-3-8(9)14-6/h6-9,14H,2-5H2,1H3. The van der Waals surface area contributed by atoms with Crippen LogP contribution in [0.25, 0.3) is 0 Å². The monoisotopic (exact) mass is 271 g/mol. The summed E-state index contributed by atoms with van der Waals surface area (Å²) in [4.78, 5) is 0. The summed E-state index contributed by atoms with van der Waals surface area (Å²) in [5.74, 6) is -1.52. The topological polar surface area (TPSA) is 46.2 Å². The molecule has 2 aliphatic rings. The highest BCUT2D eigenvalue weighted by Crippen LogP contribution is 2.40. The third-order valence-corrected chi connectivity index (χ3v) is 6.10. The van der Waals surface area contributed by atoms with E-state index < -0.39 is 27.2 Å². The fourth-order valence-electron chi connectivity index (χ4n) is 2.90. The maximum Gasteiger partial charge on any atom is 0.391 e. The lowest BCUT2D eigenvalue weighted by molar-refractivity contribution is -0.182. The molecule has 0 bridgehead atoms. The maximum absolute atomic E-state index is 12.6. The van der Waals surface area contributed by atoms with Gasteiger partial charge in [-0.2, -0.15) is 13.2 Å². The number of halogens is 3. The fourth-order valence-corrected chi connectivity index (χ4v) is 5.18. The van der Waals surface area contributed by atoms with E-state index in [9.17, 15) is 21.6 Å². The summed E-state index contributed by atoms with van der Waals surface area (Å²) < 4.78 is 61.6. The molecule has 1 heterocycles. The van der Waals surface area contributed by atoms with Gasteiger partial charge in [0.05, 0.1) is 16.9 Å². The van der Waals surface area contributed by atoms with Gasteiger partial charge in [0.1, 0.15) is 0 Å². The van der Waals surface area contributed by atoms with Gasteiger partial charge in [-0.05, 0) is 26.2 Å². The van der Waals surface area contributed by atoms with Crippen molar-refractivity contribution < 1.29 is 21.6 Å². The molecule has 17 heavy (non-hydrogen) atoms. The Morgan fingerprint density at radius 3 is 2.47 bits per heavy atom. The summed E-state index contributed by atoms with van der Waals surface area (Å²) in [5, 5.41) is 2.24.